The van der Waals surface area contributed by atoms with Crippen molar-refractivity contribution in [2.75, 3.05) is 5.32 Å². The standard InChI is InChI=1S/C17H13Cl2N3O/c18-13-4-5-15(16(19)9-13)17(23)21-14-3-1-2-12(8-14)10-22-7-6-20-11-22/h1-9,11H,10H2,(H,21,23). The third kappa shape index (κ3) is 3.92. The molecule has 0 atom stereocenters. The van der Waals surface area contributed by atoms with E-state index in [1.165, 1.54) is 0 Å². The predicted octanol–water partition coefficient (Wildman–Crippen LogP) is 4.49. The number of rotatable bonds is 4. The molecule has 4 nitrogen and oxygen atoms in total. The molecule has 0 aliphatic heterocycles. The zero-order valence-electron chi connectivity index (χ0n) is 12.0. The Bertz CT molecular complexity index is 832. The highest BCUT2D eigenvalue weighted by molar-refractivity contribution is 6.37. The van der Waals surface area contributed by atoms with E-state index >= 15 is 0 Å². The van der Waals surface area contributed by atoms with Gasteiger partial charge in [0, 0.05) is 29.6 Å². The van der Waals surface area contributed by atoms with Crippen LogP contribution in [0, 0.1) is 0 Å². The summed E-state index contributed by atoms with van der Waals surface area (Å²) in [5.41, 5.74) is 2.15. The lowest BCUT2D eigenvalue weighted by atomic mass is 10.1. The van der Waals surface area contributed by atoms with E-state index in [1.54, 1.807) is 30.7 Å². The Kier molecular flexibility index (Phi) is 4.65. The van der Waals surface area contributed by atoms with Crippen molar-refractivity contribution in [1.82, 2.24) is 9.55 Å². The van der Waals surface area contributed by atoms with Crippen LogP contribution >= 0.6 is 23.2 Å². The number of halogens is 2. The average molecular weight is 346 g/mol. The Morgan fingerprint density at radius 2 is 2.04 bits per heavy atom. The number of imidazole rings is 1. The van der Waals surface area contributed by atoms with Gasteiger partial charge in [-0.1, -0.05) is 35.3 Å². The van der Waals surface area contributed by atoms with Crippen molar-refractivity contribution in [3.63, 3.8) is 0 Å². The second kappa shape index (κ2) is 6.86. The molecule has 0 saturated heterocycles. The first-order valence-electron chi connectivity index (χ1n) is 6.93. The topological polar surface area (TPSA) is 46.9 Å². The summed E-state index contributed by atoms with van der Waals surface area (Å²) in [6, 6.07) is 12.4. The minimum Gasteiger partial charge on any atom is -0.333 e. The van der Waals surface area contributed by atoms with Crippen LogP contribution in [0.25, 0.3) is 0 Å². The molecule has 6 heteroatoms. The fourth-order valence-corrected chi connectivity index (χ4v) is 2.70. The van der Waals surface area contributed by atoms with Gasteiger partial charge in [-0.15, -0.1) is 0 Å². The lowest BCUT2D eigenvalue weighted by Crippen LogP contribution is -2.12. The summed E-state index contributed by atoms with van der Waals surface area (Å²) < 4.78 is 1.96. The molecule has 1 heterocycles. The number of hydrogen-bond donors (Lipinski definition) is 1. The molecule has 2 aromatic carbocycles. The Hall–Kier alpha value is -2.30. The lowest BCUT2D eigenvalue weighted by Gasteiger charge is -2.09. The van der Waals surface area contributed by atoms with Gasteiger partial charge in [-0.05, 0) is 35.9 Å². The number of aromatic nitrogens is 2. The van der Waals surface area contributed by atoms with Crippen molar-refractivity contribution >= 4 is 34.8 Å². The maximum absolute atomic E-state index is 12.3. The summed E-state index contributed by atoms with van der Waals surface area (Å²) in [7, 11) is 0. The predicted molar refractivity (Wildman–Crippen MR) is 92.2 cm³/mol. The van der Waals surface area contributed by atoms with Crippen LogP contribution in [-0.2, 0) is 6.54 Å². The Labute approximate surface area is 143 Å². The van der Waals surface area contributed by atoms with Gasteiger partial charge in [0.15, 0.2) is 0 Å². The van der Waals surface area contributed by atoms with Crippen LogP contribution < -0.4 is 5.32 Å². The minimum absolute atomic E-state index is 0.272. The fourth-order valence-electron chi connectivity index (χ4n) is 2.21. The van der Waals surface area contributed by atoms with Gasteiger partial charge in [-0.25, -0.2) is 4.98 Å². The van der Waals surface area contributed by atoms with E-state index in [1.807, 2.05) is 35.0 Å². The molecule has 0 unspecified atom stereocenters. The van der Waals surface area contributed by atoms with E-state index in [4.69, 9.17) is 23.2 Å². The second-order valence-electron chi connectivity index (χ2n) is 5.01. The van der Waals surface area contributed by atoms with Crippen LogP contribution in [0.5, 0.6) is 0 Å². The molecule has 3 rings (SSSR count). The van der Waals surface area contributed by atoms with Gasteiger partial charge in [-0.3, -0.25) is 4.79 Å². The van der Waals surface area contributed by atoms with Crippen molar-refractivity contribution in [1.29, 1.82) is 0 Å². The molecule has 0 radical (unpaired) electrons. The highest BCUT2D eigenvalue weighted by Crippen LogP contribution is 2.22. The summed E-state index contributed by atoms with van der Waals surface area (Å²) in [5.74, 6) is -0.272. The van der Waals surface area contributed by atoms with Gasteiger partial charge in [0.2, 0.25) is 0 Å². The first-order chi connectivity index (χ1) is 11.1. The Morgan fingerprint density at radius 1 is 1.17 bits per heavy atom. The van der Waals surface area contributed by atoms with Crippen molar-refractivity contribution < 1.29 is 4.79 Å². The number of anilines is 1. The van der Waals surface area contributed by atoms with E-state index in [-0.39, 0.29) is 5.91 Å². The fraction of sp³-hybridized carbons (Fsp3) is 0.0588. The van der Waals surface area contributed by atoms with Crippen LogP contribution in [0.2, 0.25) is 10.0 Å². The molecule has 1 amide bonds. The van der Waals surface area contributed by atoms with Crippen molar-refractivity contribution in [2.45, 2.75) is 6.54 Å². The first-order valence-corrected chi connectivity index (χ1v) is 7.68. The number of nitrogens with one attached hydrogen (secondary N) is 1. The molecule has 0 fully saturated rings. The summed E-state index contributed by atoms with van der Waals surface area (Å²) in [5, 5.41) is 3.67. The molecular formula is C17H13Cl2N3O. The molecule has 23 heavy (non-hydrogen) atoms. The van der Waals surface area contributed by atoms with Gasteiger partial charge in [0.1, 0.15) is 0 Å². The third-order valence-electron chi connectivity index (χ3n) is 3.28. The summed E-state index contributed by atoms with van der Waals surface area (Å²) in [4.78, 5) is 16.3. The number of carbonyl (C=O) groups is 1. The minimum atomic E-state index is -0.272. The van der Waals surface area contributed by atoms with Crippen molar-refractivity contribution in [3.05, 3.63) is 82.4 Å². The number of benzene rings is 2. The lowest BCUT2D eigenvalue weighted by molar-refractivity contribution is 0.102. The smallest absolute Gasteiger partial charge is 0.257 e. The van der Waals surface area contributed by atoms with Crippen molar-refractivity contribution in [2.24, 2.45) is 0 Å². The zero-order chi connectivity index (χ0) is 16.2. The average Bonchev–Trinajstić information content (AvgIpc) is 3.00. The molecule has 0 aliphatic rings. The van der Waals surface area contributed by atoms with Gasteiger partial charge in [0.25, 0.3) is 5.91 Å². The quantitative estimate of drug-likeness (QED) is 0.757. The number of amides is 1. The van der Waals surface area contributed by atoms with Gasteiger partial charge in [-0.2, -0.15) is 0 Å². The van der Waals surface area contributed by atoms with Crippen LogP contribution in [0.15, 0.2) is 61.2 Å². The van der Waals surface area contributed by atoms with Gasteiger partial charge >= 0.3 is 0 Å². The summed E-state index contributed by atoms with van der Waals surface area (Å²) in [6.07, 6.45) is 5.37. The SMILES string of the molecule is O=C(Nc1cccc(Cn2ccnc2)c1)c1ccc(Cl)cc1Cl. The van der Waals surface area contributed by atoms with Crippen LogP contribution in [0.3, 0.4) is 0 Å². The number of hydrogen-bond acceptors (Lipinski definition) is 2. The highest BCUT2D eigenvalue weighted by Gasteiger charge is 2.11. The van der Waals surface area contributed by atoms with Gasteiger partial charge in [0.05, 0.1) is 16.9 Å². The molecular weight excluding hydrogens is 333 g/mol. The van der Waals surface area contributed by atoms with E-state index in [2.05, 4.69) is 10.3 Å². The molecule has 0 aliphatic carbocycles. The molecule has 116 valence electrons. The summed E-state index contributed by atoms with van der Waals surface area (Å²) >= 11 is 11.9. The summed E-state index contributed by atoms with van der Waals surface area (Å²) in [6.45, 7) is 0.686. The molecule has 0 saturated carbocycles. The highest BCUT2D eigenvalue weighted by atomic mass is 35.5. The molecule has 3 aromatic rings. The van der Waals surface area contributed by atoms with Crippen LogP contribution in [0.1, 0.15) is 15.9 Å². The molecule has 1 aromatic heterocycles. The number of carbonyl (C=O) groups excluding carboxylic acids is 1. The molecule has 1 N–H and O–H groups in total. The normalized spacial score (nSPS) is 10.5. The maximum atomic E-state index is 12.3. The first kappa shape index (κ1) is 15.6. The molecule has 0 spiro atoms. The van der Waals surface area contributed by atoms with E-state index in [9.17, 15) is 4.79 Å². The second-order valence-corrected chi connectivity index (χ2v) is 5.86. The van der Waals surface area contributed by atoms with E-state index < -0.39 is 0 Å². The number of nitrogens with zero attached hydrogens (tertiary/aromatic N) is 2. The van der Waals surface area contributed by atoms with Crippen LogP contribution in [-0.4, -0.2) is 15.5 Å². The van der Waals surface area contributed by atoms with Gasteiger partial charge < -0.3 is 9.88 Å². The third-order valence-corrected chi connectivity index (χ3v) is 3.83. The monoisotopic (exact) mass is 345 g/mol. The zero-order valence-corrected chi connectivity index (χ0v) is 13.6. The Morgan fingerprint density at radius 3 is 2.78 bits per heavy atom. The van der Waals surface area contributed by atoms with E-state index in [0.29, 0.717) is 27.8 Å². The Balaban J connectivity index is 1.76. The molecule has 0 bridgehead atoms. The largest absolute Gasteiger partial charge is 0.333 e. The van der Waals surface area contributed by atoms with Crippen LogP contribution in [0.4, 0.5) is 5.69 Å². The maximum Gasteiger partial charge on any atom is 0.257 e. The van der Waals surface area contributed by atoms with Crippen molar-refractivity contribution in [3.8, 4) is 0 Å². The van der Waals surface area contributed by atoms with E-state index in [0.717, 1.165) is 5.56 Å².